The van der Waals surface area contributed by atoms with Gasteiger partial charge >= 0.3 is 11.9 Å². The number of aliphatic hydroxyl groups is 1. The van der Waals surface area contributed by atoms with Crippen molar-refractivity contribution in [2.24, 2.45) is 9.98 Å². The smallest absolute Gasteiger partial charge is 0.343 e. The SMILES string of the molecule is CCOC(=O)/C(C=NCc1nc(/C=N/c2nccc(C)n2)c(O)o1)=C(/O)c1ccccc1. The van der Waals surface area contributed by atoms with Gasteiger partial charge in [-0.1, -0.05) is 30.3 Å². The van der Waals surface area contributed by atoms with Crippen molar-refractivity contribution in [2.45, 2.75) is 20.4 Å². The maximum atomic E-state index is 12.3. The molecule has 0 unspecified atom stereocenters. The summed E-state index contributed by atoms with van der Waals surface area (Å²) in [4.78, 5) is 32.6. The molecule has 0 amide bonds. The second-order valence-electron chi connectivity index (χ2n) is 6.37. The highest BCUT2D eigenvalue weighted by Gasteiger charge is 2.16. The monoisotopic (exact) mass is 435 g/mol. The molecule has 0 aliphatic heterocycles. The number of esters is 1. The van der Waals surface area contributed by atoms with Gasteiger partial charge < -0.3 is 19.4 Å². The Bertz CT molecular complexity index is 1170. The lowest BCUT2D eigenvalue weighted by Gasteiger charge is -2.06. The van der Waals surface area contributed by atoms with E-state index in [1.54, 1.807) is 56.4 Å². The van der Waals surface area contributed by atoms with Crippen LogP contribution in [-0.2, 0) is 16.1 Å². The third-order valence-electron chi connectivity index (χ3n) is 4.01. The first-order chi connectivity index (χ1) is 15.5. The van der Waals surface area contributed by atoms with Gasteiger partial charge in [-0.05, 0) is 19.9 Å². The molecule has 2 N–H and O–H groups in total. The zero-order valence-corrected chi connectivity index (χ0v) is 17.5. The maximum absolute atomic E-state index is 12.3. The number of hydrogen-bond donors (Lipinski definition) is 2. The Morgan fingerprint density at radius 1 is 1.22 bits per heavy atom. The Labute approximate surface area is 183 Å². The van der Waals surface area contributed by atoms with Crippen LogP contribution in [0.4, 0.5) is 5.95 Å². The molecule has 32 heavy (non-hydrogen) atoms. The molecule has 0 atom stereocenters. The number of rotatable bonds is 8. The second-order valence-corrected chi connectivity index (χ2v) is 6.37. The molecular formula is C22H21N5O5. The highest BCUT2D eigenvalue weighted by atomic mass is 16.5. The fourth-order valence-corrected chi connectivity index (χ4v) is 2.52. The van der Waals surface area contributed by atoms with Crippen LogP contribution < -0.4 is 0 Å². The highest BCUT2D eigenvalue weighted by molar-refractivity contribution is 6.15. The van der Waals surface area contributed by atoms with Crippen LogP contribution in [0, 0.1) is 6.92 Å². The third kappa shape index (κ3) is 5.85. The molecule has 3 aromatic rings. The number of oxazole rings is 1. The summed E-state index contributed by atoms with van der Waals surface area (Å²) in [5.41, 5.74) is 1.14. The molecule has 2 aromatic heterocycles. The summed E-state index contributed by atoms with van der Waals surface area (Å²) < 4.78 is 10.2. The minimum atomic E-state index is -0.723. The van der Waals surface area contributed by atoms with E-state index < -0.39 is 11.9 Å². The van der Waals surface area contributed by atoms with Crippen LogP contribution in [0.3, 0.4) is 0 Å². The van der Waals surface area contributed by atoms with Crippen molar-refractivity contribution < 1.29 is 24.2 Å². The Hall–Kier alpha value is -4.34. The number of hydrogen-bond acceptors (Lipinski definition) is 10. The molecule has 0 spiro atoms. The summed E-state index contributed by atoms with van der Waals surface area (Å²) in [5, 5.41) is 20.4. The van der Waals surface area contributed by atoms with E-state index in [1.807, 2.05) is 0 Å². The molecule has 0 saturated heterocycles. The van der Waals surface area contributed by atoms with Gasteiger partial charge in [0.25, 0.3) is 0 Å². The van der Waals surface area contributed by atoms with E-state index in [4.69, 9.17) is 9.15 Å². The minimum absolute atomic E-state index is 0.0766. The van der Waals surface area contributed by atoms with Crippen LogP contribution in [0.15, 0.2) is 62.6 Å². The molecule has 2 heterocycles. The number of aromatic hydroxyl groups is 1. The van der Waals surface area contributed by atoms with Gasteiger partial charge in [0.15, 0.2) is 5.69 Å². The lowest BCUT2D eigenvalue weighted by Crippen LogP contribution is -2.11. The fourth-order valence-electron chi connectivity index (χ4n) is 2.52. The van der Waals surface area contributed by atoms with E-state index in [9.17, 15) is 15.0 Å². The van der Waals surface area contributed by atoms with Gasteiger partial charge in [0.1, 0.15) is 17.9 Å². The molecule has 1 aromatic carbocycles. The quantitative estimate of drug-likeness (QED) is 0.237. The zero-order chi connectivity index (χ0) is 22.9. The molecule has 10 nitrogen and oxygen atoms in total. The molecule has 0 radical (unpaired) electrons. The summed E-state index contributed by atoms with van der Waals surface area (Å²) in [6, 6.07) is 10.3. The van der Waals surface area contributed by atoms with Gasteiger partial charge in [-0.3, -0.25) is 4.99 Å². The van der Waals surface area contributed by atoms with Crippen molar-refractivity contribution in [1.82, 2.24) is 15.0 Å². The first-order valence-corrected chi connectivity index (χ1v) is 9.66. The molecule has 0 saturated carbocycles. The van der Waals surface area contributed by atoms with Gasteiger partial charge in [0.05, 0.1) is 12.8 Å². The summed E-state index contributed by atoms with van der Waals surface area (Å²) in [7, 11) is 0. The Kier molecular flexibility index (Phi) is 7.42. The average Bonchev–Trinajstić information content (AvgIpc) is 3.15. The molecule has 0 bridgehead atoms. The van der Waals surface area contributed by atoms with Gasteiger partial charge in [0, 0.05) is 23.7 Å². The van der Waals surface area contributed by atoms with Crippen molar-refractivity contribution in [2.75, 3.05) is 6.61 Å². The number of benzene rings is 1. The van der Waals surface area contributed by atoms with Crippen molar-refractivity contribution in [3.05, 3.63) is 71.0 Å². The molecule has 0 aliphatic carbocycles. The molecular weight excluding hydrogens is 414 g/mol. The number of nitrogens with zero attached hydrogens (tertiary/aromatic N) is 5. The standard InChI is InChI=1S/C22H21N5O5/c1-3-31-20(29)16(19(28)15-7-5-4-6-8-15)11-23-13-18-27-17(21(30)32-18)12-25-22-24-10-9-14(2)26-22/h4-12,28,30H,3,13H2,1-2H3/b19-16+,23-11?,25-12+. The number of carbonyl (C=O) groups is 1. The first kappa shape index (κ1) is 22.3. The lowest BCUT2D eigenvalue weighted by atomic mass is 10.1. The van der Waals surface area contributed by atoms with E-state index in [0.717, 1.165) is 5.69 Å². The van der Waals surface area contributed by atoms with Crippen LogP contribution in [0.1, 0.15) is 29.8 Å². The number of carbonyl (C=O) groups excluding carboxylic acids is 1. The maximum Gasteiger partial charge on any atom is 0.343 e. The van der Waals surface area contributed by atoms with Crippen molar-refractivity contribution in [3.63, 3.8) is 0 Å². The zero-order valence-electron chi connectivity index (χ0n) is 17.5. The Morgan fingerprint density at radius 3 is 2.72 bits per heavy atom. The van der Waals surface area contributed by atoms with Gasteiger partial charge in [0.2, 0.25) is 11.8 Å². The van der Waals surface area contributed by atoms with E-state index >= 15 is 0 Å². The predicted molar refractivity (Wildman–Crippen MR) is 117 cm³/mol. The molecule has 10 heteroatoms. The van der Waals surface area contributed by atoms with Crippen molar-refractivity contribution in [1.29, 1.82) is 0 Å². The number of aryl methyl sites for hydroxylation is 1. The minimum Gasteiger partial charge on any atom is -0.506 e. The van der Waals surface area contributed by atoms with Gasteiger partial charge in [-0.2, -0.15) is 0 Å². The predicted octanol–water partition coefficient (Wildman–Crippen LogP) is 3.33. The van der Waals surface area contributed by atoms with Crippen LogP contribution in [0.2, 0.25) is 0 Å². The van der Waals surface area contributed by atoms with E-state index in [-0.39, 0.29) is 42.0 Å². The van der Waals surface area contributed by atoms with Crippen molar-refractivity contribution in [3.8, 4) is 5.95 Å². The normalized spacial score (nSPS) is 12.3. The van der Waals surface area contributed by atoms with Gasteiger partial charge in [-0.15, -0.1) is 0 Å². The molecule has 3 rings (SSSR count). The number of aliphatic imine (C=N–C) groups is 2. The van der Waals surface area contributed by atoms with Gasteiger partial charge in [-0.25, -0.2) is 24.7 Å². The summed E-state index contributed by atoms with van der Waals surface area (Å²) in [6.07, 6.45) is 4.01. The average molecular weight is 435 g/mol. The Balaban J connectivity index is 1.77. The third-order valence-corrected chi connectivity index (χ3v) is 4.01. The van der Waals surface area contributed by atoms with Crippen LogP contribution in [0.5, 0.6) is 5.95 Å². The Morgan fingerprint density at radius 2 is 2.00 bits per heavy atom. The van der Waals surface area contributed by atoms with E-state index in [1.165, 1.54) is 12.4 Å². The molecule has 0 aliphatic rings. The summed E-state index contributed by atoms with van der Waals surface area (Å²) in [5.74, 6) is -1.15. The lowest BCUT2D eigenvalue weighted by molar-refractivity contribution is -0.137. The van der Waals surface area contributed by atoms with E-state index in [0.29, 0.717) is 5.56 Å². The number of aromatic nitrogens is 3. The largest absolute Gasteiger partial charge is 0.506 e. The summed E-state index contributed by atoms with van der Waals surface area (Å²) >= 11 is 0. The summed E-state index contributed by atoms with van der Waals surface area (Å²) in [6.45, 7) is 3.50. The molecule has 164 valence electrons. The van der Waals surface area contributed by atoms with Crippen LogP contribution in [-0.4, -0.2) is 50.2 Å². The van der Waals surface area contributed by atoms with E-state index in [2.05, 4.69) is 24.9 Å². The molecule has 0 fully saturated rings. The van der Waals surface area contributed by atoms with Crippen LogP contribution in [0.25, 0.3) is 5.76 Å². The van der Waals surface area contributed by atoms with Crippen LogP contribution >= 0.6 is 0 Å². The number of ether oxygens (including phenoxy) is 1. The first-order valence-electron chi connectivity index (χ1n) is 9.66. The fraction of sp³-hybridized carbons (Fsp3) is 0.182. The number of aliphatic hydroxyl groups excluding tert-OH is 1. The highest BCUT2D eigenvalue weighted by Crippen LogP contribution is 2.19. The van der Waals surface area contributed by atoms with Crippen molar-refractivity contribution >= 4 is 30.1 Å². The second kappa shape index (κ2) is 10.6. The topological polar surface area (TPSA) is 143 Å².